The summed E-state index contributed by atoms with van der Waals surface area (Å²) in [5, 5.41) is 22.8. The fourth-order valence-corrected chi connectivity index (χ4v) is 8.10. The predicted molar refractivity (Wildman–Crippen MR) is 171 cm³/mol. The monoisotopic (exact) mass is 617 g/mol. The molecule has 0 amide bonds. The van der Waals surface area contributed by atoms with Crippen LogP contribution in [0.4, 0.5) is 14.6 Å². The second kappa shape index (κ2) is 11.0. The van der Waals surface area contributed by atoms with Gasteiger partial charge in [-0.05, 0) is 92.9 Å². The summed E-state index contributed by atoms with van der Waals surface area (Å²) >= 11 is 0. The molecular weight excluding hydrogens is 576 g/mol. The summed E-state index contributed by atoms with van der Waals surface area (Å²) in [6.07, 6.45) is 5.90. The Balaban J connectivity index is 1.37. The van der Waals surface area contributed by atoms with E-state index in [4.69, 9.17) is 9.72 Å². The Labute approximate surface area is 262 Å². The molecule has 3 fully saturated rings. The third kappa shape index (κ3) is 5.16. The van der Waals surface area contributed by atoms with Crippen molar-refractivity contribution in [2.75, 3.05) is 37.7 Å². The number of rotatable bonds is 7. The highest BCUT2D eigenvalue weighted by Crippen LogP contribution is 2.43. The summed E-state index contributed by atoms with van der Waals surface area (Å²) in [6, 6.07) is 6.03. The van der Waals surface area contributed by atoms with Crippen molar-refractivity contribution >= 4 is 27.5 Å². The van der Waals surface area contributed by atoms with Crippen LogP contribution in [0, 0.1) is 23.5 Å². The van der Waals surface area contributed by atoms with Crippen molar-refractivity contribution in [2.45, 2.75) is 70.9 Å². The van der Waals surface area contributed by atoms with Gasteiger partial charge in [-0.15, -0.1) is 0 Å². The molecule has 2 N–H and O–H groups in total. The highest BCUT2D eigenvalue weighted by atomic mass is 19.1. The van der Waals surface area contributed by atoms with Gasteiger partial charge in [0.1, 0.15) is 35.2 Å². The molecule has 3 aliphatic rings. The number of fused-ring (bicyclic) bond motifs is 3. The van der Waals surface area contributed by atoms with E-state index in [1.807, 2.05) is 25.7 Å². The van der Waals surface area contributed by atoms with Crippen molar-refractivity contribution in [3.8, 4) is 23.0 Å². The van der Waals surface area contributed by atoms with Crippen LogP contribution in [0.3, 0.4) is 0 Å². The van der Waals surface area contributed by atoms with E-state index in [9.17, 15) is 14.6 Å². The van der Waals surface area contributed by atoms with Gasteiger partial charge in [0.25, 0.3) is 0 Å². The van der Waals surface area contributed by atoms with Gasteiger partial charge in [-0.3, -0.25) is 9.88 Å². The maximum atomic E-state index is 16.8. The molecule has 3 saturated heterocycles. The Morgan fingerprint density at radius 2 is 1.96 bits per heavy atom. The van der Waals surface area contributed by atoms with E-state index in [1.165, 1.54) is 12.1 Å². The maximum Gasteiger partial charge on any atom is 0.319 e. The molecule has 8 nitrogen and oxygen atoms in total. The first-order valence-corrected chi connectivity index (χ1v) is 16.1. The number of aryl methyl sites for hydroxylation is 1. The van der Waals surface area contributed by atoms with Crippen molar-refractivity contribution in [3.63, 3.8) is 0 Å². The molecule has 0 saturated carbocycles. The van der Waals surface area contributed by atoms with Gasteiger partial charge in [0.05, 0.1) is 16.5 Å². The summed E-state index contributed by atoms with van der Waals surface area (Å²) in [6.45, 7) is 11.4. The molecule has 3 atom stereocenters. The molecule has 45 heavy (non-hydrogen) atoms. The van der Waals surface area contributed by atoms with Crippen LogP contribution in [0.25, 0.3) is 32.9 Å². The minimum atomic E-state index is -0.875. The summed E-state index contributed by atoms with van der Waals surface area (Å²) in [7, 11) is 0. The first-order chi connectivity index (χ1) is 21.5. The zero-order chi connectivity index (χ0) is 31.7. The van der Waals surface area contributed by atoms with Crippen molar-refractivity contribution in [1.82, 2.24) is 19.9 Å². The first-order valence-electron chi connectivity index (χ1n) is 16.1. The zero-order valence-corrected chi connectivity index (χ0v) is 26.4. The molecule has 4 aromatic rings. The van der Waals surface area contributed by atoms with Gasteiger partial charge in [-0.2, -0.15) is 9.97 Å². The Hall–Kier alpha value is -3.63. The third-order valence-corrected chi connectivity index (χ3v) is 10.4. The van der Waals surface area contributed by atoms with Gasteiger partial charge in [0.2, 0.25) is 0 Å². The molecule has 238 valence electrons. The molecule has 0 aliphatic carbocycles. The number of anilines is 1. The number of phenolic OH excluding ortho intramolecular Hbond substituents is 1. The van der Waals surface area contributed by atoms with E-state index < -0.39 is 17.2 Å². The van der Waals surface area contributed by atoms with Crippen LogP contribution in [0.15, 0.2) is 30.5 Å². The van der Waals surface area contributed by atoms with Gasteiger partial charge in [0, 0.05) is 37.3 Å². The molecule has 2 aromatic carbocycles. The van der Waals surface area contributed by atoms with E-state index in [0.29, 0.717) is 65.1 Å². The second-order valence-corrected chi connectivity index (χ2v) is 13.9. The van der Waals surface area contributed by atoms with E-state index in [0.717, 1.165) is 38.8 Å². The smallest absolute Gasteiger partial charge is 0.319 e. The largest absolute Gasteiger partial charge is 0.508 e. The number of aromatic hydroxyl groups is 1. The van der Waals surface area contributed by atoms with Crippen LogP contribution in [0.5, 0.6) is 11.8 Å². The Morgan fingerprint density at radius 3 is 2.71 bits per heavy atom. The average molecular weight is 618 g/mol. The number of pyridine rings is 1. The fourth-order valence-electron chi connectivity index (χ4n) is 8.10. The zero-order valence-electron chi connectivity index (χ0n) is 26.4. The van der Waals surface area contributed by atoms with E-state index in [2.05, 4.69) is 21.8 Å². The molecular formula is C35H41F2N5O3. The Morgan fingerprint density at radius 1 is 1.13 bits per heavy atom. The van der Waals surface area contributed by atoms with Crippen LogP contribution < -0.4 is 9.64 Å². The number of aromatic nitrogens is 3. The molecule has 0 spiro atoms. The van der Waals surface area contributed by atoms with E-state index >= 15 is 4.39 Å². The van der Waals surface area contributed by atoms with Gasteiger partial charge < -0.3 is 19.8 Å². The number of phenols is 1. The lowest BCUT2D eigenvalue weighted by Crippen LogP contribution is -2.43. The molecule has 10 heteroatoms. The topological polar surface area (TPSA) is 94.8 Å². The summed E-state index contributed by atoms with van der Waals surface area (Å²) in [5.41, 5.74) is -0.191. The normalized spacial score (nSPS) is 23.8. The van der Waals surface area contributed by atoms with Crippen LogP contribution in [0.2, 0.25) is 0 Å². The lowest BCUT2D eigenvalue weighted by molar-refractivity contribution is 0.0263. The lowest BCUT2D eigenvalue weighted by atomic mass is 9.90. The molecule has 0 bridgehead atoms. The number of hydrogen-bond acceptors (Lipinski definition) is 8. The van der Waals surface area contributed by atoms with Crippen molar-refractivity contribution in [3.05, 3.63) is 47.7 Å². The second-order valence-electron chi connectivity index (χ2n) is 13.9. The minimum Gasteiger partial charge on any atom is -0.508 e. The molecule has 7 rings (SSSR count). The fraction of sp³-hybridized carbons (Fsp3) is 0.514. The van der Waals surface area contributed by atoms with Crippen LogP contribution in [-0.4, -0.2) is 74.0 Å². The summed E-state index contributed by atoms with van der Waals surface area (Å²) in [5.74, 6) is -0.0488. The van der Waals surface area contributed by atoms with Crippen molar-refractivity contribution < 1.29 is 23.7 Å². The van der Waals surface area contributed by atoms with E-state index in [-0.39, 0.29) is 34.4 Å². The molecule has 0 unspecified atom stereocenters. The van der Waals surface area contributed by atoms with Crippen LogP contribution >= 0.6 is 0 Å². The Bertz CT molecular complexity index is 1790. The molecule has 0 radical (unpaired) electrons. The number of halogens is 2. The van der Waals surface area contributed by atoms with Gasteiger partial charge in [0.15, 0.2) is 5.82 Å². The number of aliphatic hydroxyl groups is 1. The SMILES string of the molecule is CCc1c(F)ccc2cc(O)cc(-c3ncc4c(N5CC[C@@H](C(C)(C)O)C5)nc(OC[C@@]56CCCN5C[C@H](C)C6)nc4c3F)c12. The average Bonchev–Trinajstić information content (AvgIpc) is 3.71. The van der Waals surface area contributed by atoms with Crippen molar-refractivity contribution in [2.24, 2.45) is 11.8 Å². The van der Waals surface area contributed by atoms with Gasteiger partial charge in [-0.1, -0.05) is 19.9 Å². The first kappa shape index (κ1) is 30.0. The summed E-state index contributed by atoms with van der Waals surface area (Å²) < 4.78 is 38.1. The quantitative estimate of drug-likeness (QED) is 0.252. The molecule has 2 aromatic heterocycles. The highest BCUT2D eigenvalue weighted by Gasteiger charge is 2.48. The maximum absolute atomic E-state index is 16.8. The number of nitrogens with zero attached hydrogens (tertiary/aromatic N) is 5. The number of ether oxygens (including phenoxy) is 1. The van der Waals surface area contributed by atoms with Crippen LogP contribution in [0.1, 0.15) is 58.9 Å². The minimum absolute atomic E-state index is 0.0101. The standard InChI is InChI=1S/C35H41F2N5O3/c1-5-24-27(36)8-7-21-13-23(43)14-25(28(21)24)30-29(37)31-26(16-38-30)32(41-12-9-22(18-41)34(3,4)44)40-33(39-31)45-19-35-10-6-11-42(35)17-20(2)15-35/h7-8,13-14,16,20,22,43-44H,5-6,9-12,15,17-19H2,1-4H3/t20-,22-,35+/m1/s1. The Kier molecular flexibility index (Phi) is 7.35. The van der Waals surface area contributed by atoms with Crippen molar-refractivity contribution in [1.29, 1.82) is 0 Å². The molecule has 5 heterocycles. The predicted octanol–water partition coefficient (Wildman–Crippen LogP) is 6.24. The number of hydrogen-bond donors (Lipinski definition) is 2. The molecule has 3 aliphatic heterocycles. The van der Waals surface area contributed by atoms with Gasteiger partial charge in [-0.25, -0.2) is 8.78 Å². The highest BCUT2D eigenvalue weighted by molar-refractivity contribution is 6.01. The van der Waals surface area contributed by atoms with E-state index in [1.54, 1.807) is 18.3 Å². The number of benzene rings is 2. The van der Waals surface area contributed by atoms with Crippen LogP contribution in [-0.2, 0) is 6.42 Å². The lowest BCUT2D eigenvalue weighted by Gasteiger charge is -2.31. The third-order valence-electron chi connectivity index (χ3n) is 10.4. The summed E-state index contributed by atoms with van der Waals surface area (Å²) in [4.78, 5) is 18.6. The van der Waals surface area contributed by atoms with Gasteiger partial charge >= 0.3 is 6.01 Å².